The van der Waals surface area contributed by atoms with E-state index in [1.165, 1.54) is 38.5 Å². The lowest BCUT2D eigenvalue weighted by molar-refractivity contribution is 0.652. The third-order valence-electron chi connectivity index (χ3n) is 1.80. The van der Waals surface area contributed by atoms with Gasteiger partial charge in [0.1, 0.15) is 0 Å². The van der Waals surface area contributed by atoms with Gasteiger partial charge in [0.25, 0.3) is 0 Å². The van der Waals surface area contributed by atoms with Crippen LogP contribution < -0.4 is 0 Å². The molecule has 0 nitrogen and oxygen atoms in total. The molecule has 0 aromatic carbocycles. The van der Waals surface area contributed by atoms with E-state index in [1.54, 1.807) is 0 Å². The summed E-state index contributed by atoms with van der Waals surface area (Å²) in [5.74, 6) is 0. The van der Waals surface area contributed by atoms with Crippen LogP contribution in [-0.4, -0.2) is 0 Å². The van der Waals surface area contributed by atoms with Gasteiger partial charge in [-0.25, -0.2) is 0 Å². The van der Waals surface area contributed by atoms with E-state index in [-0.39, 0.29) is 0 Å². The molecule has 0 aliphatic carbocycles. The molecule has 12 heavy (non-hydrogen) atoms. The molecule has 0 radical (unpaired) electrons. The summed E-state index contributed by atoms with van der Waals surface area (Å²) in [6, 6.07) is 0. The molecular formula is C12H20. The van der Waals surface area contributed by atoms with E-state index in [0.717, 1.165) is 0 Å². The van der Waals surface area contributed by atoms with Gasteiger partial charge < -0.3 is 0 Å². The Bertz CT molecular complexity index is 131. The molecule has 0 fully saturated rings. The van der Waals surface area contributed by atoms with E-state index in [1.807, 2.05) is 18.2 Å². The predicted molar refractivity (Wildman–Crippen MR) is 57.2 cm³/mol. The highest BCUT2D eigenvalue weighted by Gasteiger charge is 1.86. The monoisotopic (exact) mass is 164 g/mol. The molecule has 0 amide bonds. The zero-order valence-corrected chi connectivity index (χ0v) is 7.97. The summed E-state index contributed by atoms with van der Waals surface area (Å²) in [6.07, 6.45) is 15.7. The molecule has 0 saturated heterocycles. The lowest BCUT2D eigenvalue weighted by Gasteiger charge is -1.95. The first-order valence-corrected chi connectivity index (χ1v) is 4.80. The summed E-state index contributed by atoms with van der Waals surface area (Å²) in [5, 5.41) is 0. The Hall–Kier alpha value is -0.780. The molecule has 0 spiro atoms. The summed E-state index contributed by atoms with van der Waals surface area (Å²) in [7, 11) is 0. The van der Waals surface area contributed by atoms with E-state index in [4.69, 9.17) is 0 Å². The second-order valence-corrected chi connectivity index (χ2v) is 2.94. The van der Waals surface area contributed by atoms with Gasteiger partial charge in [0.05, 0.1) is 0 Å². The molecule has 68 valence electrons. The summed E-state index contributed by atoms with van der Waals surface area (Å²) in [5.41, 5.74) is 0. The maximum absolute atomic E-state index is 3.70. The van der Waals surface area contributed by atoms with Crippen molar-refractivity contribution in [2.24, 2.45) is 0 Å². The van der Waals surface area contributed by atoms with Crippen LogP contribution in [-0.2, 0) is 0 Å². The quantitative estimate of drug-likeness (QED) is 0.286. The highest BCUT2D eigenvalue weighted by molar-refractivity contribution is 4.96. The fourth-order valence-electron chi connectivity index (χ4n) is 1.10. The Morgan fingerprint density at radius 2 is 1.50 bits per heavy atom. The van der Waals surface area contributed by atoms with Gasteiger partial charge in [0.15, 0.2) is 0 Å². The molecular weight excluding hydrogens is 144 g/mol. The van der Waals surface area contributed by atoms with Gasteiger partial charge in [-0.1, -0.05) is 43.7 Å². The smallest absolute Gasteiger partial charge is 0.0348 e. The zero-order chi connectivity index (χ0) is 9.07. The van der Waals surface area contributed by atoms with Crippen molar-refractivity contribution in [3.63, 3.8) is 0 Å². The van der Waals surface area contributed by atoms with Crippen LogP contribution in [0.25, 0.3) is 0 Å². The lowest BCUT2D eigenvalue weighted by atomic mass is 10.1. The largest absolute Gasteiger partial charge is 0.103 e. The van der Waals surface area contributed by atoms with Crippen molar-refractivity contribution in [3.8, 4) is 0 Å². The fourth-order valence-corrected chi connectivity index (χ4v) is 1.10. The highest BCUT2D eigenvalue weighted by atomic mass is 13.9. The molecule has 0 heterocycles. The average molecular weight is 164 g/mol. The van der Waals surface area contributed by atoms with Gasteiger partial charge in [-0.2, -0.15) is 0 Å². The van der Waals surface area contributed by atoms with Crippen LogP contribution in [0.2, 0.25) is 0 Å². The van der Waals surface area contributed by atoms with E-state index in [9.17, 15) is 0 Å². The van der Waals surface area contributed by atoms with Crippen molar-refractivity contribution in [2.45, 2.75) is 38.5 Å². The van der Waals surface area contributed by atoms with Gasteiger partial charge in [-0.3, -0.25) is 0 Å². The average Bonchev–Trinajstić information content (AvgIpc) is 2.10. The van der Waals surface area contributed by atoms with Crippen molar-refractivity contribution in [3.05, 3.63) is 37.5 Å². The van der Waals surface area contributed by atoms with Gasteiger partial charge in [0.2, 0.25) is 0 Å². The minimum atomic E-state index is 1.17. The van der Waals surface area contributed by atoms with Crippen LogP contribution >= 0.6 is 0 Å². The van der Waals surface area contributed by atoms with Crippen molar-refractivity contribution in [1.82, 2.24) is 0 Å². The first-order valence-electron chi connectivity index (χ1n) is 4.80. The van der Waals surface area contributed by atoms with Crippen molar-refractivity contribution >= 4 is 0 Å². The van der Waals surface area contributed by atoms with Crippen LogP contribution in [0.5, 0.6) is 0 Å². The molecule has 0 rings (SSSR count). The number of rotatable bonds is 8. The van der Waals surface area contributed by atoms with Crippen LogP contribution in [0.15, 0.2) is 37.5 Å². The van der Waals surface area contributed by atoms with E-state index < -0.39 is 0 Å². The first kappa shape index (κ1) is 11.2. The molecule has 0 aromatic rings. The molecule has 0 unspecified atom stereocenters. The molecule has 0 aliphatic rings. The number of allylic oxidation sites excluding steroid dienone is 4. The Labute approximate surface area is 76.7 Å². The molecule has 0 bridgehead atoms. The number of hydrogen-bond donors (Lipinski definition) is 0. The SMILES string of the molecule is C=C/C=C/CCCCCCC=C. The zero-order valence-electron chi connectivity index (χ0n) is 7.97. The van der Waals surface area contributed by atoms with Gasteiger partial charge in [-0.05, 0) is 25.7 Å². The van der Waals surface area contributed by atoms with E-state index in [2.05, 4.69) is 19.2 Å². The second-order valence-electron chi connectivity index (χ2n) is 2.94. The van der Waals surface area contributed by atoms with Crippen molar-refractivity contribution in [1.29, 1.82) is 0 Å². The van der Waals surface area contributed by atoms with E-state index >= 15 is 0 Å². The number of unbranched alkanes of at least 4 members (excludes halogenated alkanes) is 5. The van der Waals surface area contributed by atoms with Crippen LogP contribution in [0, 0.1) is 0 Å². The summed E-state index contributed by atoms with van der Waals surface area (Å²) in [4.78, 5) is 0. The third kappa shape index (κ3) is 9.22. The Balaban J connectivity index is 2.95. The van der Waals surface area contributed by atoms with Crippen molar-refractivity contribution < 1.29 is 0 Å². The van der Waals surface area contributed by atoms with Gasteiger partial charge >= 0.3 is 0 Å². The molecule has 0 aliphatic heterocycles. The summed E-state index contributed by atoms with van der Waals surface area (Å²) >= 11 is 0. The van der Waals surface area contributed by atoms with Crippen LogP contribution in [0.4, 0.5) is 0 Å². The van der Waals surface area contributed by atoms with Crippen LogP contribution in [0.3, 0.4) is 0 Å². The Morgan fingerprint density at radius 3 is 2.08 bits per heavy atom. The maximum Gasteiger partial charge on any atom is -0.0348 e. The first-order chi connectivity index (χ1) is 5.91. The lowest BCUT2D eigenvalue weighted by Crippen LogP contribution is -1.75. The standard InChI is InChI=1S/C12H20/c1-3-5-7-9-11-12-10-8-6-4-2/h3-5,7H,1-2,6,8-12H2/b7-5+. The molecule has 0 aromatic heterocycles. The highest BCUT2D eigenvalue weighted by Crippen LogP contribution is 2.05. The Morgan fingerprint density at radius 1 is 0.833 bits per heavy atom. The maximum atomic E-state index is 3.70. The summed E-state index contributed by atoms with van der Waals surface area (Å²) in [6.45, 7) is 7.32. The molecule has 0 saturated carbocycles. The molecule has 0 atom stereocenters. The number of hydrogen-bond acceptors (Lipinski definition) is 0. The predicted octanol–water partition coefficient (Wildman–Crippen LogP) is 4.26. The van der Waals surface area contributed by atoms with E-state index in [0.29, 0.717) is 0 Å². The molecule has 0 heteroatoms. The van der Waals surface area contributed by atoms with Crippen LogP contribution in [0.1, 0.15) is 38.5 Å². The normalized spacial score (nSPS) is 10.3. The fraction of sp³-hybridized carbons (Fsp3) is 0.500. The Kier molecular flexibility index (Phi) is 9.56. The minimum Gasteiger partial charge on any atom is -0.103 e. The minimum absolute atomic E-state index is 1.17. The van der Waals surface area contributed by atoms with Gasteiger partial charge in [-0.15, -0.1) is 6.58 Å². The third-order valence-corrected chi connectivity index (χ3v) is 1.80. The summed E-state index contributed by atoms with van der Waals surface area (Å²) < 4.78 is 0. The molecule has 0 N–H and O–H groups in total. The van der Waals surface area contributed by atoms with Crippen molar-refractivity contribution in [2.75, 3.05) is 0 Å². The van der Waals surface area contributed by atoms with Gasteiger partial charge in [0, 0.05) is 0 Å². The topological polar surface area (TPSA) is 0 Å². The second kappa shape index (κ2) is 10.2.